The summed E-state index contributed by atoms with van der Waals surface area (Å²) in [7, 11) is 0. The summed E-state index contributed by atoms with van der Waals surface area (Å²) >= 11 is -1.81. The van der Waals surface area contributed by atoms with Gasteiger partial charge < -0.3 is 0 Å². The molecule has 0 radical (unpaired) electrons. The van der Waals surface area contributed by atoms with Crippen molar-refractivity contribution in [2.75, 3.05) is 0 Å². The molecule has 3 nitrogen and oxygen atoms in total. The van der Waals surface area contributed by atoms with Gasteiger partial charge in [-0.3, -0.25) is 0 Å². The second-order valence-corrected chi connectivity index (χ2v) is 23.7. The third kappa shape index (κ3) is 4.72. The first-order valence-corrected chi connectivity index (χ1v) is 24.4. The Labute approximate surface area is 336 Å². The van der Waals surface area contributed by atoms with Crippen LogP contribution in [-0.4, -0.2) is 27.8 Å². The van der Waals surface area contributed by atoms with Gasteiger partial charge in [0.15, 0.2) is 0 Å². The van der Waals surface area contributed by atoms with Gasteiger partial charge >= 0.3 is 320 Å². The van der Waals surface area contributed by atoms with E-state index >= 15 is 0 Å². The molecule has 0 N–H and O–H groups in total. The van der Waals surface area contributed by atoms with Gasteiger partial charge in [0.2, 0.25) is 0 Å². The molecule has 1 aliphatic heterocycles. The van der Waals surface area contributed by atoms with Gasteiger partial charge in [-0.15, -0.1) is 0 Å². The van der Waals surface area contributed by atoms with E-state index in [2.05, 4.69) is 205 Å². The van der Waals surface area contributed by atoms with E-state index in [1.165, 1.54) is 65.1 Å². The fraction of sp³-hybridized carbons (Fsp3) is 0. The van der Waals surface area contributed by atoms with Crippen molar-refractivity contribution in [3.8, 4) is 39.6 Å². The number of fused-ring (bicyclic) bond motifs is 9. The molecule has 3 aromatic heterocycles. The van der Waals surface area contributed by atoms with E-state index in [1.54, 1.807) is 0 Å². The van der Waals surface area contributed by atoms with Crippen LogP contribution >= 0.6 is 11.3 Å². The third-order valence-electron chi connectivity index (χ3n) is 11.9. The molecule has 0 spiro atoms. The van der Waals surface area contributed by atoms with Gasteiger partial charge in [0.1, 0.15) is 0 Å². The SMILES string of the molecule is c1ccc(-c2nc(-c3ccccc3-n3c4ccccc4c4cc5sc6ccccc6c5cc43)nc3[c]2[Ge]([c]2ccccc2)([c]2ccccc2)[c]2ccccc2-3)cc1. The zero-order chi connectivity index (χ0) is 37.5. The Hall–Kier alpha value is -6.60. The molecule has 0 saturated heterocycles. The molecule has 5 heteroatoms. The van der Waals surface area contributed by atoms with Crippen LogP contribution in [0, 0.1) is 0 Å². The predicted octanol–water partition coefficient (Wildman–Crippen LogP) is 10.6. The molecule has 0 atom stereocenters. The molecule has 0 saturated carbocycles. The summed E-state index contributed by atoms with van der Waals surface area (Å²) in [5.74, 6) is 0.727. The summed E-state index contributed by atoms with van der Waals surface area (Å²) < 4.78 is 10.5. The van der Waals surface area contributed by atoms with E-state index < -0.39 is 13.3 Å². The van der Waals surface area contributed by atoms with E-state index in [4.69, 9.17) is 9.97 Å². The molecular formula is C52H33GeN3S. The van der Waals surface area contributed by atoms with Crippen molar-refractivity contribution in [2.24, 2.45) is 0 Å². The average molecular weight is 805 g/mol. The average Bonchev–Trinajstić information content (AvgIpc) is 3.92. The molecule has 57 heavy (non-hydrogen) atoms. The fourth-order valence-electron chi connectivity index (χ4n) is 9.53. The monoisotopic (exact) mass is 805 g/mol. The Kier molecular flexibility index (Phi) is 7.28. The van der Waals surface area contributed by atoms with Crippen molar-refractivity contribution in [3.63, 3.8) is 0 Å². The maximum atomic E-state index is 5.75. The molecule has 12 rings (SSSR count). The minimum atomic E-state index is -3.67. The molecule has 266 valence electrons. The molecular weight excluding hydrogens is 771 g/mol. The number of thiophene rings is 1. The van der Waals surface area contributed by atoms with Crippen LogP contribution in [0.1, 0.15) is 0 Å². The molecule has 0 bridgehead atoms. The molecule has 0 unspecified atom stereocenters. The number of nitrogens with zero attached hydrogens (tertiary/aromatic N) is 3. The van der Waals surface area contributed by atoms with Crippen molar-refractivity contribution >= 4 is 84.2 Å². The number of benzene rings is 8. The summed E-state index contributed by atoms with van der Waals surface area (Å²) in [4.78, 5) is 11.5. The first-order chi connectivity index (χ1) is 28.3. The first-order valence-electron chi connectivity index (χ1n) is 19.4. The van der Waals surface area contributed by atoms with Gasteiger partial charge in [-0.1, -0.05) is 12.1 Å². The van der Waals surface area contributed by atoms with Crippen molar-refractivity contribution < 1.29 is 0 Å². The first kappa shape index (κ1) is 32.6. The second kappa shape index (κ2) is 12.7. The second-order valence-electron chi connectivity index (χ2n) is 14.8. The molecule has 4 heterocycles. The third-order valence-corrected chi connectivity index (χ3v) is 23.2. The van der Waals surface area contributed by atoms with Crippen LogP contribution in [0.25, 0.3) is 81.6 Å². The summed E-state index contributed by atoms with van der Waals surface area (Å²) in [6.45, 7) is 0. The van der Waals surface area contributed by atoms with Gasteiger partial charge in [-0.2, -0.15) is 0 Å². The van der Waals surface area contributed by atoms with E-state index in [-0.39, 0.29) is 0 Å². The Morgan fingerprint density at radius 1 is 0.421 bits per heavy atom. The van der Waals surface area contributed by atoms with Crippen LogP contribution in [-0.2, 0) is 0 Å². The maximum absolute atomic E-state index is 5.75. The molecule has 11 aromatic rings. The van der Waals surface area contributed by atoms with Crippen LogP contribution in [0.3, 0.4) is 0 Å². The van der Waals surface area contributed by atoms with Crippen LogP contribution in [0.2, 0.25) is 0 Å². The summed E-state index contributed by atoms with van der Waals surface area (Å²) in [5.41, 5.74) is 8.78. The minimum absolute atomic E-state index is 0.727. The topological polar surface area (TPSA) is 30.7 Å². The normalized spacial score (nSPS) is 13.1. The van der Waals surface area contributed by atoms with Crippen molar-refractivity contribution in [1.82, 2.24) is 14.5 Å². The quantitative estimate of drug-likeness (QED) is 0.162. The van der Waals surface area contributed by atoms with E-state index in [9.17, 15) is 0 Å². The van der Waals surface area contributed by atoms with Crippen LogP contribution in [0.15, 0.2) is 200 Å². The van der Waals surface area contributed by atoms with E-state index in [0.717, 1.165) is 34.0 Å². The Bertz CT molecular complexity index is 3310. The van der Waals surface area contributed by atoms with Crippen molar-refractivity contribution in [1.29, 1.82) is 0 Å². The number of hydrogen-bond donors (Lipinski definition) is 0. The number of rotatable bonds is 5. The van der Waals surface area contributed by atoms with E-state index in [0.29, 0.717) is 0 Å². The van der Waals surface area contributed by atoms with Gasteiger partial charge in [-0.25, -0.2) is 0 Å². The zero-order valence-electron chi connectivity index (χ0n) is 30.8. The van der Waals surface area contributed by atoms with Gasteiger partial charge in [-0.05, 0) is 6.07 Å². The number of aromatic nitrogens is 3. The molecule has 1 aliphatic rings. The Morgan fingerprint density at radius 3 is 1.79 bits per heavy atom. The molecule has 8 aromatic carbocycles. The van der Waals surface area contributed by atoms with Crippen LogP contribution in [0.4, 0.5) is 0 Å². The van der Waals surface area contributed by atoms with Gasteiger partial charge in [0, 0.05) is 0 Å². The molecule has 0 aliphatic carbocycles. The van der Waals surface area contributed by atoms with Gasteiger partial charge in [0.25, 0.3) is 0 Å². The molecule has 0 amide bonds. The summed E-state index contributed by atoms with van der Waals surface area (Å²) in [6, 6.07) is 73.3. The summed E-state index contributed by atoms with van der Waals surface area (Å²) in [6.07, 6.45) is 0. The number of para-hydroxylation sites is 2. The van der Waals surface area contributed by atoms with Gasteiger partial charge in [0.05, 0.1) is 0 Å². The zero-order valence-corrected chi connectivity index (χ0v) is 33.7. The molecule has 0 fully saturated rings. The Morgan fingerprint density at radius 2 is 1.02 bits per heavy atom. The van der Waals surface area contributed by atoms with Crippen LogP contribution in [0.5, 0.6) is 0 Å². The van der Waals surface area contributed by atoms with Crippen molar-refractivity contribution in [3.05, 3.63) is 200 Å². The standard InChI is InChI=1S/C52H33GeN3S/c1-4-18-34(19-5-1)50-49-51(39-26-10-14-28-43(39)53(49,35-20-6-2-7-21-35)36-22-8-3-9-23-36)55-52(54-50)40-27-12-16-30-45(40)56-44-29-15-11-24-37(44)41-33-48-42(32-46(41)56)38-25-13-17-31-47(38)57-48/h1-33H. The van der Waals surface area contributed by atoms with Crippen LogP contribution < -0.4 is 17.6 Å². The van der Waals surface area contributed by atoms with E-state index in [1.807, 2.05) is 11.3 Å². The van der Waals surface area contributed by atoms with Crippen molar-refractivity contribution in [2.45, 2.75) is 0 Å². The Balaban J connectivity index is 1.19. The fourth-order valence-corrected chi connectivity index (χ4v) is 21.7. The number of hydrogen-bond acceptors (Lipinski definition) is 3. The predicted molar refractivity (Wildman–Crippen MR) is 243 cm³/mol. The summed E-state index contributed by atoms with van der Waals surface area (Å²) in [5, 5.41) is 5.06.